The van der Waals surface area contributed by atoms with E-state index in [-0.39, 0.29) is 23.0 Å². The van der Waals surface area contributed by atoms with Crippen LogP contribution in [0.15, 0.2) is 36.1 Å². The minimum Gasteiger partial charge on any atom is -0.496 e. The summed E-state index contributed by atoms with van der Waals surface area (Å²) in [4.78, 5) is 46.6. The number of rotatable bonds is 11. The number of carbonyl (C=O) groups excluding carboxylic acids is 3. The number of nitrogens with one attached hydrogen (secondary N) is 2. The zero-order chi connectivity index (χ0) is 26.2. The number of fused-ring (bicyclic) bond motifs is 1. The topological polar surface area (TPSA) is 159 Å². The molecule has 0 aromatic heterocycles. The van der Waals surface area contributed by atoms with Crippen LogP contribution in [0.4, 0.5) is 0 Å². The zero-order valence-corrected chi connectivity index (χ0v) is 19.7. The minimum atomic E-state index is -1.20. The van der Waals surface area contributed by atoms with Crippen LogP contribution >= 0.6 is 0 Å². The quantitative estimate of drug-likeness (QED) is 0.380. The molecule has 2 amide bonds. The van der Waals surface area contributed by atoms with Gasteiger partial charge in [-0.05, 0) is 24.3 Å². The van der Waals surface area contributed by atoms with Crippen molar-refractivity contribution in [3.63, 3.8) is 0 Å². The number of allylic oxidation sites excluding steroid dienone is 1. The number of benzene rings is 2. The van der Waals surface area contributed by atoms with Crippen LogP contribution in [-0.4, -0.2) is 69.7 Å². The molecular weight excluding hydrogens is 476 g/mol. The second kappa shape index (κ2) is 11.6. The van der Waals surface area contributed by atoms with Crippen LogP contribution in [0, 0.1) is 0 Å². The van der Waals surface area contributed by atoms with Crippen molar-refractivity contribution in [1.82, 2.24) is 10.6 Å². The summed E-state index contributed by atoms with van der Waals surface area (Å²) in [5.41, 5.74) is 0.847. The van der Waals surface area contributed by atoms with E-state index < -0.39 is 37.5 Å². The van der Waals surface area contributed by atoms with Crippen molar-refractivity contribution >= 4 is 29.6 Å². The van der Waals surface area contributed by atoms with Crippen molar-refractivity contribution in [2.45, 2.75) is 0 Å². The van der Waals surface area contributed by atoms with E-state index in [0.717, 1.165) is 0 Å². The van der Waals surface area contributed by atoms with Crippen molar-refractivity contribution in [2.24, 2.45) is 0 Å². The summed E-state index contributed by atoms with van der Waals surface area (Å²) in [6, 6.07) is 7.76. The monoisotopic (exact) mass is 500 g/mol. The first kappa shape index (κ1) is 25.9. The van der Waals surface area contributed by atoms with Crippen molar-refractivity contribution in [3.8, 4) is 28.7 Å². The number of hydrogen-bond acceptors (Lipinski definition) is 9. The maximum atomic E-state index is 12.8. The summed E-state index contributed by atoms with van der Waals surface area (Å²) in [7, 11) is 4.47. The van der Waals surface area contributed by atoms with Crippen molar-refractivity contribution in [3.05, 3.63) is 47.2 Å². The smallest absolute Gasteiger partial charge is 0.322 e. The second-order valence-electron chi connectivity index (χ2n) is 7.28. The molecule has 0 saturated carbocycles. The number of carboxylic acid groups (broad SMARTS) is 1. The molecule has 2 aromatic rings. The average Bonchev–Trinajstić information content (AvgIpc) is 3.18. The van der Waals surface area contributed by atoms with E-state index in [9.17, 15) is 19.2 Å². The highest BCUT2D eigenvalue weighted by molar-refractivity contribution is 6.14. The van der Waals surface area contributed by atoms with Crippen molar-refractivity contribution in [2.75, 3.05) is 41.0 Å². The SMILES string of the molecule is COc1cc(OC)c(OC)cc1C=C1Oc2cc(OCC(=O)NCC(=O)NCC(=O)O)ccc2C1=O. The summed E-state index contributed by atoms with van der Waals surface area (Å²) in [5, 5.41) is 12.9. The van der Waals surface area contributed by atoms with Gasteiger partial charge in [0.25, 0.3) is 5.91 Å². The molecule has 3 N–H and O–H groups in total. The van der Waals surface area contributed by atoms with Gasteiger partial charge in [0.2, 0.25) is 11.7 Å². The van der Waals surface area contributed by atoms with E-state index in [1.807, 2.05) is 0 Å². The van der Waals surface area contributed by atoms with Crippen LogP contribution in [0.25, 0.3) is 6.08 Å². The Labute approximate surface area is 205 Å². The van der Waals surface area contributed by atoms with Gasteiger partial charge >= 0.3 is 5.97 Å². The summed E-state index contributed by atoms with van der Waals surface area (Å²) in [6.07, 6.45) is 1.52. The highest BCUT2D eigenvalue weighted by atomic mass is 16.5. The lowest BCUT2D eigenvalue weighted by Crippen LogP contribution is -2.40. The van der Waals surface area contributed by atoms with Gasteiger partial charge in [0.05, 0.1) is 33.4 Å². The maximum absolute atomic E-state index is 12.8. The molecule has 1 aliphatic heterocycles. The molecule has 3 rings (SSSR count). The molecule has 0 unspecified atom stereocenters. The molecule has 0 atom stereocenters. The third-order valence-corrected chi connectivity index (χ3v) is 4.92. The molecule has 36 heavy (non-hydrogen) atoms. The Kier molecular flexibility index (Phi) is 8.34. The van der Waals surface area contributed by atoms with Gasteiger partial charge < -0.3 is 39.4 Å². The van der Waals surface area contributed by atoms with Crippen LogP contribution in [0.3, 0.4) is 0 Å². The number of carbonyl (C=O) groups is 4. The normalized spacial score (nSPS) is 12.9. The molecule has 0 fully saturated rings. The first-order chi connectivity index (χ1) is 17.2. The lowest BCUT2D eigenvalue weighted by atomic mass is 10.1. The number of ether oxygens (including phenoxy) is 5. The summed E-state index contributed by atoms with van der Waals surface area (Å²) >= 11 is 0. The summed E-state index contributed by atoms with van der Waals surface area (Å²) in [6.45, 7) is -1.36. The molecule has 0 saturated heterocycles. The molecule has 12 heteroatoms. The predicted octanol–water partition coefficient (Wildman–Crippen LogP) is 1.02. The van der Waals surface area contributed by atoms with E-state index in [2.05, 4.69) is 10.6 Å². The average molecular weight is 500 g/mol. The minimum absolute atomic E-state index is 0.0535. The van der Waals surface area contributed by atoms with Gasteiger partial charge in [0, 0.05) is 17.7 Å². The Morgan fingerprint density at radius 2 is 1.58 bits per heavy atom. The van der Waals surface area contributed by atoms with E-state index in [1.54, 1.807) is 12.1 Å². The lowest BCUT2D eigenvalue weighted by Gasteiger charge is -2.12. The second-order valence-corrected chi connectivity index (χ2v) is 7.28. The number of ketones is 1. The van der Waals surface area contributed by atoms with Gasteiger partial charge in [-0.1, -0.05) is 0 Å². The Morgan fingerprint density at radius 3 is 2.25 bits per heavy atom. The maximum Gasteiger partial charge on any atom is 0.322 e. The number of hydrogen-bond donors (Lipinski definition) is 3. The first-order valence-electron chi connectivity index (χ1n) is 10.5. The number of aliphatic carboxylic acids is 1. The van der Waals surface area contributed by atoms with Gasteiger partial charge in [-0.2, -0.15) is 0 Å². The Balaban J connectivity index is 1.65. The van der Waals surface area contributed by atoms with Gasteiger partial charge in [-0.25, -0.2) is 0 Å². The van der Waals surface area contributed by atoms with E-state index in [1.165, 1.54) is 45.6 Å². The fourth-order valence-electron chi connectivity index (χ4n) is 3.18. The molecule has 0 aliphatic carbocycles. The van der Waals surface area contributed by atoms with Crippen LogP contribution in [0.1, 0.15) is 15.9 Å². The van der Waals surface area contributed by atoms with E-state index >= 15 is 0 Å². The fourth-order valence-corrected chi connectivity index (χ4v) is 3.18. The molecule has 1 heterocycles. The number of Topliss-reactive ketones (excluding diaryl/α,β-unsaturated/α-hetero) is 1. The Morgan fingerprint density at radius 1 is 0.917 bits per heavy atom. The molecular formula is C24H24N2O10. The van der Waals surface area contributed by atoms with Crippen LogP contribution < -0.4 is 34.3 Å². The van der Waals surface area contributed by atoms with Crippen LogP contribution in [-0.2, 0) is 14.4 Å². The zero-order valence-electron chi connectivity index (χ0n) is 19.7. The Hall–Kier alpha value is -4.74. The Bertz CT molecular complexity index is 1220. The highest BCUT2D eigenvalue weighted by Crippen LogP contribution is 2.39. The third kappa shape index (κ3) is 6.23. The summed E-state index contributed by atoms with van der Waals surface area (Å²) in [5.74, 6) is -0.883. The lowest BCUT2D eigenvalue weighted by molar-refractivity contribution is -0.137. The molecule has 190 valence electrons. The molecule has 0 radical (unpaired) electrons. The van der Waals surface area contributed by atoms with Crippen LogP contribution in [0.5, 0.6) is 28.7 Å². The van der Waals surface area contributed by atoms with Gasteiger partial charge in [-0.15, -0.1) is 0 Å². The highest BCUT2D eigenvalue weighted by Gasteiger charge is 2.28. The standard InChI is InChI=1S/C24H24N2O10/c1-32-16-9-19(34-3)18(33-2)6-13(16)7-20-24(31)15-5-4-14(8-17(15)36-20)35-12-22(28)25-10-21(27)26-11-23(29)30/h4-9H,10-12H2,1-3H3,(H,25,28)(H,26,27)(H,29,30). The molecule has 1 aliphatic rings. The summed E-state index contributed by atoms with van der Waals surface area (Å²) < 4.78 is 27.1. The van der Waals surface area contributed by atoms with Crippen molar-refractivity contribution < 1.29 is 48.0 Å². The van der Waals surface area contributed by atoms with Gasteiger partial charge in [0.15, 0.2) is 23.9 Å². The number of amides is 2. The van der Waals surface area contributed by atoms with E-state index in [0.29, 0.717) is 28.4 Å². The largest absolute Gasteiger partial charge is 0.496 e. The fraction of sp³-hybridized carbons (Fsp3) is 0.250. The molecule has 2 aromatic carbocycles. The number of carboxylic acids is 1. The third-order valence-electron chi connectivity index (χ3n) is 4.92. The first-order valence-corrected chi connectivity index (χ1v) is 10.5. The van der Waals surface area contributed by atoms with Gasteiger partial charge in [0.1, 0.15) is 23.8 Å². The van der Waals surface area contributed by atoms with E-state index in [4.69, 9.17) is 28.8 Å². The molecule has 0 spiro atoms. The van der Waals surface area contributed by atoms with Crippen LogP contribution in [0.2, 0.25) is 0 Å². The predicted molar refractivity (Wildman–Crippen MR) is 125 cm³/mol. The van der Waals surface area contributed by atoms with Gasteiger partial charge in [-0.3, -0.25) is 19.2 Å². The molecule has 0 bridgehead atoms. The van der Waals surface area contributed by atoms with Crippen molar-refractivity contribution in [1.29, 1.82) is 0 Å². The number of methoxy groups -OCH3 is 3. The molecule has 12 nitrogen and oxygen atoms in total.